The van der Waals surface area contributed by atoms with E-state index in [2.05, 4.69) is 0 Å². The Kier molecular flexibility index (Phi) is 6.72. The summed E-state index contributed by atoms with van der Waals surface area (Å²) in [6, 6.07) is 0. The summed E-state index contributed by atoms with van der Waals surface area (Å²) in [5.41, 5.74) is 0. The van der Waals surface area contributed by atoms with Gasteiger partial charge in [-0.3, -0.25) is 9.11 Å². The molecule has 0 rings (SSSR count). The van der Waals surface area contributed by atoms with E-state index < -0.39 is 31.7 Å². The summed E-state index contributed by atoms with van der Waals surface area (Å²) in [4.78, 5) is 0. The van der Waals surface area contributed by atoms with Gasteiger partial charge in [-0.15, -0.1) is 0 Å². The first-order valence-corrected chi connectivity index (χ1v) is 5.83. The lowest BCUT2D eigenvalue weighted by molar-refractivity contribution is 0.477. The van der Waals surface area contributed by atoms with Crippen LogP contribution in [0.5, 0.6) is 0 Å². The van der Waals surface area contributed by atoms with E-state index in [4.69, 9.17) is 9.11 Å². The van der Waals surface area contributed by atoms with Crippen LogP contribution in [0.15, 0.2) is 0 Å². The van der Waals surface area contributed by atoms with Gasteiger partial charge < -0.3 is 0 Å². The van der Waals surface area contributed by atoms with Gasteiger partial charge in [0.25, 0.3) is 20.2 Å². The van der Waals surface area contributed by atoms with E-state index >= 15 is 0 Å². The van der Waals surface area contributed by atoms with Gasteiger partial charge in [-0.2, -0.15) is 16.8 Å². The molecule has 0 unspecified atom stereocenters. The average molecular weight is 231 g/mol. The van der Waals surface area contributed by atoms with E-state index in [0.717, 1.165) is 0 Å². The summed E-state index contributed by atoms with van der Waals surface area (Å²) in [5, 5.41) is 0. The largest absolute Gasteiger partial charge is 0.316 e. The molecule has 0 amide bonds. The maximum absolute atomic E-state index is 10.00. The van der Waals surface area contributed by atoms with Crippen molar-refractivity contribution in [2.75, 3.05) is 11.5 Å². The Morgan fingerprint density at radius 2 is 1.08 bits per heavy atom. The third kappa shape index (κ3) is 13.2. The highest BCUT2D eigenvalue weighted by atomic mass is 32.2. The van der Waals surface area contributed by atoms with E-state index in [9.17, 15) is 16.8 Å². The van der Waals surface area contributed by atoms with Crippen LogP contribution in [-0.2, 0) is 20.2 Å². The smallest absolute Gasteiger partial charge is 0.286 e. The van der Waals surface area contributed by atoms with Crippen molar-refractivity contribution in [1.29, 1.82) is 0 Å². The van der Waals surface area contributed by atoms with Crippen LogP contribution in [0.4, 0.5) is 0 Å². The van der Waals surface area contributed by atoms with Crippen molar-refractivity contribution in [3.05, 3.63) is 0 Å². The Labute approximate surface area is 87.0 Å². The molecule has 9 heteroatoms. The standard InChI is InChI=1S/C3H8O6S2.Mg.2H/c4-10(5,6)2-1-3-11(7,8)9;;;/h1-3H2,(H,4,5,6)(H,7,8,9);;;. The van der Waals surface area contributed by atoms with Crippen molar-refractivity contribution in [3.63, 3.8) is 0 Å². The van der Waals surface area contributed by atoms with Crippen LogP contribution in [0, 0.1) is 0 Å². The lowest BCUT2D eigenvalue weighted by Gasteiger charge is -1.94. The van der Waals surface area contributed by atoms with Crippen LogP contribution in [-0.4, -0.2) is 60.5 Å². The highest BCUT2D eigenvalue weighted by molar-refractivity contribution is 7.86. The van der Waals surface area contributed by atoms with Gasteiger partial charge >= 0.3 is 23.1 Å². The van der Waals surface area contributed by atoms with E-state index in [1.165, 1.54) is 0 Å². The molecule has 0 radical (unpaired) electrons. The summed E-state index contributed by atoms with van der Waals surface area (Å²) in [7, 11) is -8.24. The lowest BCUT2D eigenvalue weighted by atomic mass is 10.6. The molecular formula is C3H10MgO6S2. The molecule has 2 N–H and O–H groups in total. The second-order valence-corrected chi connectivity index (χ2v) is 5.07. The molecule has 0 atom stereocenters. The van der Waals surface area contributed by atoms with Crippen molar-refractivity contribution in [1.82, 2.24) is 0 Å². The van der Waals surface area contributed by atoms with Gasteiger partial charge in [-0.1, -0.05) is 0 Å². The van der Waals surface area contributed by atoms with Crippen molar-refractivity contribution in [2.45, 2.75) is 6.42 Å². The molecule has 0 bridgehead atoms. The van der Waals surface area contributed by atoms with Gasteiger partial charge in [0.05, 0.1) is 11.5 Å². The molecule has 0 aliphatic carbocycles. The van der Waals surface area contributed by atoms with Gasteiger partial charge in [-0.05, 0) is 6.42 Å². The Morgan fingerprint density at radius 1 is 0.833 bits per heavy atom. The molecule has 6 nitrogen and oxygen atoms in total. The second-order valence-electron chi connectivity index (χ2n) is 1.93. The van der Waals surface area contributed by atoms with Gasteiger partial charge in [-0.25, -0.2) is 0 Å². The highest BCUT2D eigenvalue weighted by Gasteiger charge is 2.08. The van der Waals surface area contributed by atoms with Crippen molar-refractivity contribution in [3.8, 4) is 0 Å². The fourth-order valence-corrected chi connectivity index (χ4v) is 1.62. The maximum atomic E-state index is 10.00. The van der Waals surface area contributed by atoms with Crippen molar-refractivity contribution >= 4 is 43.3 Å². The second kappa shape index (κ2) is 5.34. The summed E-state index contributed by atoms with van der Waals surface area (Å²) in [5.74, 6) is -1.32. The predicted octanol–water partition coefficient (Wildman–Crippen LogP) is -1.76. The molecule has 0 aromatic rings. The lowest BCUT2D eigenvalue weighted by Crippen LogP contribution is -2.10. The van der Waals surface area contributed by atoms with Gasteiger partial charge in [0, 0.05) is 0 Å². The van der Waals surface area contributed by atoms with Crippen LogP contribution >= 0.6 is 0 Å². The molecule has 0 saturated heterocycles. The van der Waals surface area contributed by atoms with Crippen LogP contribution in [0.25, 0.3) is 0 Å². The maximum Gasteiger partial charge on any atom is 0.316 e. The Morgan fingerprint density at radius 3 is 1.25 bits per heavy atom. The molecule has 72 valence electrons. The molecule has 12 heavy (non-hydrogen) atoms. The number of hydrogen-bond acceptors (Lipinski definition) is 4. The number of hydrogen-bond donors (Lipinski definition) is 2. The average Bonchev–Trinajstić information content (AvgIpc) is 1.55. The zero-order chi connectivity index (χ0) is 9.12. The van der Waals surface area contributed by atoms with Crippen molar-refractivity contribution < 1.29 is 25.9 Å². The first kappa shape index (κ1) is 15.1. The first-order valence-electron chi connectivity index (χ1n) is 2.61. The molecule has 0 fully saturated rings. The third-order valence-corrected chi connectivity index (χ3v) is 2.41. The summed E-state index contributed by atoms with van der Waals surface area (Å²) < 4.78 is 56.2. The van der Waals surface area contributed by atoms with E-state index in [1.54, 1.807) is 0 Å². The number of rotatable bonds is 4. The topological polar surface area (TPSA) is 109 Å². The van der Waals surface area contributed by atoms with Gasteiger partial charge in [0.15, 0.2) is 0 Å². The zero-order valence-corrected chi connectivity index (χ0v) is 7.10. The highest BCUT2D eigenvalue weighted by Crippen LogP contribution is 1.92. The van der Waals surface area contributed by atoms with Crippen LogP contribution in [0.2, 0.25) is 0 Å². The molecule has 0 heterocycles. The molecular weight excluding hydrogens is 220 g/mol. The Hall–Kier alpha value is 0.586. The minimum Gasteiger partial charge on any atom is -0.286 e. The molecule has 0 aromatic heterocycles. The van der Waals surface area contributed by atoms with Gasteiger partial charge in [0.2, 0.25) is 0 Å². The van der Waals surface area contributed by atoms with E-state index in [0.29, 0.717) is 0 Å². The predicted molar refractivity (Wildman–Crippen MR) is 46.0 cm³/mol. The minimum absolute atomic E-state index is 0. The molecule has 0 aliphatic heterocycles. The van der Waals surface area contributed by atoms with E-state index in [1.807, 2.05) is 0 Å². The zero-order valence-electron chi connectivity index (χ0n) is 5.47. The monoisotopic (exact) mass is 230 g/mol. The Balaban J connectivity index is 0. The summed E-state index contributed by atoms with van der Waals surface area (Å²) >= 11 is 0. The Bertz CT molecular complexity index is 270. The quantitative estimate of drug-likeness (QED) is 0.437. The molecule has 0 spiro atoms. The SMILES string of the molecule is O=S(=O)(O)CCCS(=O)(=O)O.[MgH2]. The summed E-state index contributed by atoms with van der Waals surface area (Å²) in [6.07, 6.45) is -0.308. The van der Waals surface area contributed by atoms with Crippen LogP contribution in [0.3, 0.4) is 0 Å². The fraction of sp³-hybridized carbons (Fsp3) is 1.00. The van der Waals surface area contributed by atoms with Crippen molar-refractivity contribution in [2.24, 2.45) is 0 Å². The van der Waals surface area contributed by atoms with Crippen LogP contribution in [0.1, 0.15) is 6.42 Å². The minimum atomic E-state index is -4.12. The molecule has 0 saturated carbocycles. The van der Waals surface area contributed by atoms with Gasteiger partial charge in [0.1, 0.15) is 0 Å². The third-order valence-electron chi connectivity index (χ3n) is 0.805. The summed E-state index contributed by atoms with van der Waals surface area (Å²) in [6.45, 7) is 0. The normalized spacial score (nSPS) is 12.2. The molecule has 0 aromatic carbocycles. The first-order chi connectivity index (χ1) is 4.71. The van der Waals surface area contributed by atoms with Crippen LogP contribution < -0.4 is 0 Å². The fourth-order valence-electron chi connectivity index (χ4n) is 0.424. The molecule has 0 aliphatic rings. The van der Waals surface area contributed by atoms with E-state index in [-0.39, 0.29) is 29.5 Å².